The van der Waals surface area contributed by atoms with E-state index in [4.69, 9.17) is 4.74 Å². The Hall–Kier alpha value is -1.24. The number of nitrogens with one attached hydrogen (secondary N) is 1. The summed E-state index contributed by atoms with van der Waals surface area (Å²) in [5.41, 5.74) is 0.507. The van der Waals surface area contributed by atoms with E-state index in [2.05, 4.69) is 5.32 Å². The van der Waals surface area contributed by atoms with Crippen molar-refractivity contribution in [3.8, 4) is 0 Å². The smallest absolute Gasteiger partial charge is 0.149 e. The molecule has 0 aromatic heterocycles. The zero-order valence-corrected chi connectivity index (χ0v) is 12.2. The van der Waals surface area contributed by atoms with Crippen LogP contribution in [0.4, 0.5) is 14.5 Å². The van der Waals surface area contributed by atoms with Crippen LogP contribution in [0.15, 0.2) is 12.1 Å². The molecular weight excluding hydrogens is 278 g/mol. The molecule has 4 nitrogen and oxygen atoms in total. The van der Waals surface area contributed by atoms with Gasteiger partial charge in [-0.05, 0) is 30.7 Å². The molecule has 1 heterocycles. The molecule has 0 radical (unpaired) electrons. The van der Waals surface area contributed by atoms with Crippen molar-refractivity contribution < 1.29 is 18.6 Å². The van der Waals surface area contributed by atoms with Crippen LogP contribution in [0.3, 0.4) is 0 Å². The Bertz CT molecular complexity index is 448. The van der Waals surface area contributed by atoms with Crippen molar-refractivity contribution in [1.29, 1.82) is 0 Å². The van der Waals surface area contributed by atoms with Gasteiger partial charge in [-0.1, -0.05) is 6.92 Å². The molecule has 118 valence electrons. The lowest BCUT2D eigenvalue weighted by molar-refractivity contribution is 0.0719. The second-order valence-corrected chi connectivity index (χ2v) is 5.19. The number of hydrogen-bond acceptors (Lipinski definition) is 4. The number of aliphatic hydroxyl groups is 1. The summed E-state index contributed by atoms with van der Waals surface area (Å²) in [6, 6.07) is 2.29. The van der Waals surface area contributed by atoms with E-state index in [0.29, 0.717) is 25.3 Å². The maximum Gasteiger partial charge on any atom is 0.149 e. The van der Waals surface area contributed by atoms with Gasteiger partial charge in [-0.25, -0.2) is 8.78 Å². The van der Waals surface area contributed by atoms with Crippen molar-refractivity contribution in [3.05, 3.63) is 29.3 Å². The number of aliphatic hydroxyl groups excluding tert-OH is 1. The van der Waals surface area contributed by atoms with E-state index in [9.17, 15) is 13.9 Å². The van der Waals surface area contributed by atoms with E-state index < -0.39 is 17.7 Å². The first-order valence-electron chi connectivity index (χ1n) is 7.31. The van der Waals surface area contributed by atoms with Crippen LogP contribution < -0.4 is 10.2 Å². The summed E-state index contributed by atoms with van der Waals surface area (Å²) in [6.45, 7) is 4.12. The molecule has 0 saturated carbocycles. The van der Waals surface area contributed by atoms with E-state index in [-0.39, 0.29) is 18.9 Å². The average Bonchev–Trinajstić information content (AvgIpc) is 2.47. The van der Waals surface area contributed by atoms with Gasteiger partial charge in [-0.15, -0.1) is 0 Å². The molecule has 1 saturated heterocycles. The summed E-state index contributed by atoms with van der Waals surface area (Å²) < 4.78 is 33.8. The van der Waals surface area contributed by atoms with Crippen molar-refractivity contribution in [1.82, 2.24) is 5.32 Å². The quantitative estimate of drug-likeness (QED) is 0.784. The van der Waals surface area contributed by atoms with Gasteiger partial charge in [0.05, 0.1) is 25.9 Å². The average molecular weight is 300 g/mol. The van der Waals surface area contributed by atoms with Crippen molar-refractivity contribution in [2.24, 2.45) is 0 Å². The standard InChI is InChI=1S/C15H22F2N2O2/c1-2-3-18-8-11-6-13(16)15(14(17)7-11)19-4-5-21-10-12(19)9-20/h6-7,12,18,20H,2-5,8-10H2,1H3. The van der Waals surface area contributed by atoms with E-state index in [1.54, 1.807) is 4.90 Å². The molecule has 1 unspecified atom stereocenters. The molecule has 1 aromatic carbocycles. The monoisotopic (exact) mass is 300 g/mol. The summed E-state index contributed by atoms with van der Waals surface area (Å²) >= 11 is 0. The van der Waals surface area contributed by atoms with Gasteiger partial charge in [0.1, 0.15) is 17.3 Å². The van der Waals surface area contributed by atoms with Gasteiger partial charge in [0.15, 0.2) is 0 Å². The second-order valence-electron chi connectivity index (χ2n) is 5.19. The lowest BCUT2D eigenvalue weighted by Crippen LogP contribution is -2.48. The molecule has 1 aliphatic heterocycles. The van der Waals surface area contributed by atoms with Gasteiger partial charge < -0.3 is 20.1 Å². The number of ether oxygens (including phenoxy) is 1. The minimum absolute atomic E-state index is 0.0726. The third kappa shape index (κ3) is 3.90. The largest absolute Gasteiger partial charge is 0.394 e. The first-order chi connectivity index (χ1) is 10.2. The number of morpholine rings is 1. The molecule has 0 bridgehead atoms. The fourth-order valence-electron chi connectivity index (χ4n) is 2.50. The highest BCUT2D eigenvalue weighted by Gasteiger charge is 2.27. The third-order valence-corrected chi connectivity index (χ3v) is 3.56. The van der Waals surface area contributed by atoms with Gasteiger partial charge in [0.2, 0.25) is 0 Å². The second kappa shape index (κ2) is 7.68. The van der Waals surface area contributed by atoms with Crippen LogP contribution in [0.5, 0.6) is 0 Å². The number of benzene rings is 1. The fraction of sp³-hybridized carbons (Fsp3) is 0.600. The number of nitrogens with zero attached hydrogens (tertiary/aromatic N) is 1. The maximum absolute atomic E-state index is 14.3. The zero-order valence-electron chi connectivity index (χ0n) is 12.2. The summed E-state index contributed by atoms with van der Waals surface area (Å²) in [7, 11) is 0. The van der Waals surface area contributed by atoms with Crippen LogP contribution in [0.2, 0.25) is 0 Å². The highest BCUT2D eigenvalue weighted by molar-refractivity contribution is 5.52. The molecule has 1 aliphatic rings. The molecule has 21 heavy (non-hydrogen) atoms. The first-order valence-corrected chi connectivity index (χ1v) is 7.31. The topological polar surface area (TPSA) is 44.7 Å². The Labute approximate surface area is 123 Å². The predicted molar refractivity (Wildman–Crippen MR) is 77.4 cm³/mol. The van der Waals surface area contributed by atoms with Gasteiger partial charge in [0, 0.05) is 13.1 Å². The molecule has 1 fully saturated rings. The van der Waals surface area contributed by atoms with Crippen LogP contribution in [0, 0.1) is 11.6 Å². The van der Waals surface area contributed by atoms with E-state index in [0.717, 1.165) is 13.0 Å². The maximum atomic E-state index is 14.3. The summed E-state index contributed by atoms with van der Waals surface area (Å²) in [6.07, 6.45) is 0.967. The zero-order chi connectivity index (χ0) is 15.2. The number of hydrogen-bond donors (Lipinski definition) is 2. The Morgan fingerprint density at radius 2 is 2.10 bits per heavy atom. The molecule has 2 rings (SSSR count). The van der Waals surface area contributed by atoms with E-state index in [1.807, 2.05) is 6.92 Å². The van der Waals surface area contributed by atoms with Gasteiger partial charge in [-0.3, -0.25) is 0 Å². The molecule has 1 atom stereocenters. The first kappa shape index (κ1) is 16.1. The Kier molecular flexibility index (Phi) is 5.90. The minimum Gasteiger partial charge on any atom is -0.394 e. The van der Waals surface area contributed by atoms with Crippen molar-refractivity contribution in [3.63, 3.8) is 0 Å². The van der Waals surface area contributed by atoms with Crippen LogP contribution >= 0.6 is 0 Å². The van der Waals surface area contributed by atoms with Crippen LogP contribution in [0.1, 0.15) is 18.9 Å². The number of halogens is 2. The van der Waals surface area contributed by atoms with Crippen LogP contribution in [-0.4, -0.2) is 44.1 Å². The summed E-state index contributed by atoms with van der Waals surface area (Å²) in [5.74, 6) is -1.19. The highest BCUT2D eigenvalue weighted by atomic mass is 19.1. The van der Waals surface area contributed by atoms with Crippen molar-refractivity contribution >= 4 is 5.69 Å². The number of anilines is 1. The highest BCUT2D eigenvalue weighted by Crippen LogP contribution is 2.28. The van der Waals surface area contributed by atoms with E-state index >= 15 is 0 Å². The molecule has 0 amide bonds. The molecule has 6 heteroatoms. The lowest BCUT2D eigenvalue weighted by atomic mass is 10.1. The number of rotatable bonds is 6. The normalized spacial score (nSPS) is 19.0. The fourth-order valence-corrected chi connectivity index (χ4v) is 2.50. The minimum atomic E-state index is -0.594. The SMILES string of the molecule is CCCNCc1cc(F)c(N2CCOCC2CO)c(F)c1. The van der Waals surface area contributed by atoms with E-state index in [1.165, 1.54) is 12.1 Å². The Morgan fingerprint density at radius 1 is 1.38 bits per heavy atom. The lowest BCUT2D eigenvalue weighted by Gasteiger charge is -2.36. The summed E-state index contributed by atoms with van der Waals surface area (Å²) in [5, 5.41) is 12.4. The van der Waals surface area contributed by atoms with Gasteiger partial charge in [0.25, 0.3) is 0 Å². The summed E-state index contributed by atoms with van der Waals surface area (Å²) in [4.78, 5) is 1.55. The Morgan fingerprint density at radius 3 is 2.71 bits per heavy atom. The molecule has 0 spiro atoms. The molecule has 0 aliphatic carbocycles. The third-order valence-electron chi connectivity index (χ3n) is 3.56. The predicted octanol–water partition coefficient (Wildman–Crippen LogP) is 1.66. The van der Waals surface area contributed by atoms with Gasteiger partial charge >= 0.3 is 0 Å². The van der Waals surface area contributed by atoms with Crippen LogP contribution in [0.25, 0.3) is 0 Å². The molecular formula is C15H22F2N2O2. The van der Waals surface area contributed by atoms with Crippen LogP contribution in [-0.2, 0) is 11.3 Å². The van der Waals surface area contributed by atoms with Gasteiger partial charge in [-0.2, -0.15) is 0 Å². The van der Waals surface area contributed by atoms with Crippen molar-refractivity contribution in [2.75, 3.05) is 37.8 Å². The molecule has 2 N–H and O–H groups in total. The molecule has 1 aromatic rings. The Balaban J connectivity index is 2.19. The van der Waals surface area contributed by atoms with Crippen molar-refractivity contribution in [2.45, 2.75) is 25.9 Å².